The summed E-state index contributed by atoms with van der Waals surface area (Å²) in [6.45, 7) is 4.89. The van der Waals surface area contributed by atoms with Crippen LogP contribution in [0.15, 0.2) is 60.9 Å². The fourth-order valence-electron chi connectivity index (χ4n) is 2.74. The zero-order chi connectivity index (χ0) is 14.8. The first-order chi connectivity index (χ1) is 10.1. The second-order valence-electron chi connectivity index (χ2n) is 5.94. The summed E-state index contributed by atoms with van der Waals surface area (Å²) >= 11 is 0. The molecule has 2 nitrogen and oxygen atoms in total. The van der Waals surface area contributed by atoms with Gasteiger partial charge in [0, 0.05) is 18.9 Å². The van der Waals surface area contributed by atoms with E-state index < -0.39 is 6.10 Å². The molecule has 0 saturated carbocycles. The van der Waals surface area contributed by atoms with Crippen molar-refractivity contribution in [2.75, 3.05) is 0 Å². The molecular formula is C19H21NO. The van der Waals surface area contributed by atoms with Crippen molar-refractivity contribution in [3.05, 3.63) is 72.1 Å². The molecule has 0 saturated heterocycles. The van der Waals surface area contributed by atoms with Crippen LogP contribution in [0.4, 0.5) is 0 Å². The largest absolute Gasteiger partial charge is 0.388 e. The summed E-state index contributed by atoms with van der Waals surface area (Å²) in [5.74, 6) is 0.235. The average molecular weight is 279 g/mol. The normalized spacial score (nSPS) is 13.0. The molecule has 1 heterocycles. The first-order valence-electron chi connectivity index (χ1n) is 7.45. The van der Waals surface area contributed by atoms with E-state index in [9.17, 15) is 5.11 Å². The Kier molecular flexibility index (Phi) is 3.80. The van der Waals surface area contributed by atoms with Crippen LogP contribution in [-0.2, 0) is 6.54 Å². The standard InChI is InChI=1S/C19H21NO/c1-14(2)19(21)17-10-11-20(13-17)12-16-8-5-7-15-6-3-4-9-18(15)16/h3-11,13-14,19,21H,12H2,1-2H3. The minimum absolute atomic E-state index is 0.235. The Labute approximate surface area is 125 Å². The van der Waals surface area contributed by atoms with Crippen LogP contribution in [0.25, 0.3) is 10.8 Å². The highest BCUT2D eigenvalue weighted by molar-refractivity contribution is 5.85. The molecule has 0 aliphatic heterocycles. The summed E-state index contributed by atoms with van der Waals surface area (Å²) in [4.78, 5) is 0. The Balaban J connectivity index is 1.89. The van der Waals surface area contributed by atoms with Gasteiger partial charge in [0.05, 0.1) is 6.10 Å². The van der Waals surface area contributed by atoms with Gasteiger partial charge in [-0.15, -0.1) is 0 Å². The summed E-state index contributed by atoms with van der Waals surface area (Å²) in [7, 11) is 0. The molecule has 0 aliphatic rings. The van der Waals surface area contributed by atoms with Crippen molar-refractivity contribution in [2.24, 2.45) is 5.92 Å². The minimum Gasteiger partial charge on any atom is -0.388 e. The second-order valence-corrected chi connectivity index (χ2v) is 5.94. The highest BCUT2D eigenvalue weighted by Gasteiger charge is 2.13. The molecule has 0 bridgehead atoms. The van der Waals surface area contributed by atoms with Crippen molar-refractivity contribution in [3.8, 4) is 0 Å². The predicted molar refractivity (Wildman–Crippen MR) is 87.3 cm³/mol. The topological polar surface area (TPSA) is 25.2 Å². The van der Waals surface area contributed by atoms with Gasteiger partial charge >= 0.3 is 0 Å². The smallest absolute Gasteiger partial charge is 0.0827 e. The first kappa shape index (κ1) is 13.9. The summed E-state index contributed by atoms with van der Waals surface area (Å²) in [6, 6.07) is 16.9. The Morgan fingerprint density at radius 3 is 2.57 bits per heavy atom. The van der Waals surface area contributed by atoms with Gasteiger partial charge in [0.1, 0.15) is 0 Å². The zero-order valence-corrected chi connectivity index (χ0v) is 12.5. The van der Waals surface area contributed by atoms with Crippen LogP contribution >= 0.6 is 0 Å². The van der Waals surface area contributed by atoms with Gasteiger partial charge in [0.15, 0.2) is 0 Å². The first-order valence-corrected chi connectivity index (χ1v) is 7.45. The van der Waals surface area contributed by atoms with Crippen LogP contribution in [-0.4, -0.2) is 9.67 Å². The van der Waals surface area contributed by atoms with Gasteiger partial charge in [-0.2, -0.15) is 0 Å². The number of nitrogens with zero attached hydrogens (tertiary/aromatic N) is 1. The SMILES string of the molecule is CC(C)C(O)c1ccn(Cc2cccc3ccccc23)c1. The van der Waals surface area contributed by atoms with Crippen LogP contribution in [0.2, 0.25) is 0 Å². The Morgan fingerprint density at radius 2 is 1.76 bits per heavy atom. The number of rotatable bonds is 4. The maximum Gasteiger partial charge on any atom is 0.0827 e. The van der Waals surface area contributed by atoms with Gasteiger partial charge in [0.25, 0.3) is 0 Å². The van der Waals surface area contributed by atoms with Gasteiger partial charge in [-0.05, 0) is 33.9 Å². The monoisotopic (exact) mass is 279 g/mol. The maximum absolute atomic E-state index is 10.1. The molecule has 1 unspecified atom stereocenters. The summed E-state index contributed by atoms with van der Waals surface area (Å²) in [5.41, 5.74) is 2.29. The zero-order valence-electron chi connectivity index (χ0n) is 12.5. The predicted octanol–water partition coefficient (Wildman–Crippen LogP) is 4.38. The third-order valence-electron chi connectivity index (χ3n) is 3.98. The molecule has 1 atom stereocenters. The molecular weight excluding hydrogens is 258 g/mol. The molecule has 1 aromatic heterocycles. The average Bonchev–Trinajstić information content (AvgIpc) is 2.95. The quantitative estimate of drug-likeness (QED) is 0.753. The maximum atomic E-state index is 10.1. The van der Waals surface area contributed by atoms with E-state index in [-0.39, 0.29) is 5.92 Å². The number of benzene rings is 2. The van der Waals surface area contributed by atoms with E-state index in [1.54, 1.807) is 0 Å². The highest BCUT2D eigenvalue weighted by atomic mass is 16.3. The lowest BCUT2D eigenvalue weighted by atomic mass is 10.0. The highest BCUT2D eigenvalue weighted by Crippen LogP contribution is 2.23. The molecule has 2 heteroatoms. The van der Waals surface area contributed by atoms with Crippen LogP contribution in [0.5, 0.6) is 0 Å². The lowest BCUT2D eigenvalue weighted by Gasteiger charge is -2.12. The van der Waals surface area contributed by atoms with E-state index in [0.29, 0.717) is 0 Å². The van der Waals surface area contributed by atoms with Crippen molar-refractivity contribution < 1.29 is 5.11 Å². The van der Waals surface area contributed by atoms with Gasteiger partial charge in [-0.1, -0.05) is 56.3 Å². The number of hydrogen-bond donors (Lipinski definition) is 1. The number of aromatic nitrogens is 1. The minimum atomic E-state index is -0.390. The molecule has 21 heavy (non-hydrogen) atoms. The van der Waals surface area contributed by atoms with Gasteiger partial charge < -0.3 is 9.67 Å². The Morgan fingerprint density at radius 1 is 1.00 bits per heavy atom. The van der Waals surface area contributed by atoms with Crippen molar-refractivity contribution in [3.63, 3.8) is 0 Å². The van der Waals surface area contributed by atoms with Gasteiger partial charge in [0.2, 0.25) is 0 Å². The fourth-order valence-corrected chi connectivity index (χ4v) is 2.74. The number of aliphatic hydroxyl groups is 1. The van der Waals surface area contributed by atoms with Crippen molar-refractivity contribution in [2.45, 2.75) is 26.5 Å². The van der Waals surface area contributed by atoms with Crippen molar-refractivity contribution in [1.29, 1.82) is 0 Å². The van der Waals surface area contributed by atoms with Gasteiger partial charge in [-0.3, -0.25) is 0 Å². The summed E-state index contributed by atoms with van der Waals surface area (Å²) in [5, 5.41) is 12.7. The molecule has 0 radical (unpaired) electrons. The van der Waals surface area contributed by atoms with Crippen LogP contribution < -0.4 is 0 Å². The molecule has 2 aromatic carbocycles. The van der Waals surface area contributed by atoms with Gasteiger partial charge in [-0.25, -0.2) is 0 Å². The summed E-state index contributed by atoms with van der Waals surface area (Å²) < 4.78 is 2.14. The molecule has 3 aromatic rings. The van der Waals surface area contributed by atoms with E-state index in [1.165, 1.54) is 16.3 Å². The third-order valence-corrected chi connectivity index (χ3v) is 3.98. The van der Waals surface area contributed by atoms with E-state index >= 15 is 0 Å². The van der Waals surface area contributed by atoms with E-state index in [0.717, 1.165) is 12.1 Å². The Bertz CT molecular complexity index is 737. The second kappa shape index (κ2) is 5.74. The molecule has 108 valence electrons. The fraction of sp³-hybridized carbons (Fsp3) is 0.263. The number of aliphatic hydroxyl groups excluding tert-OH is 1. The number of hydrogen-bond acceptors (Lipinski definition) is 1. The molecule has 0 aliphatic carbocycles. The van der Waals surface area contributed by atoms with E-state index in [4.69, 9.17) is 0 Å². The van der Waals surface area contributed by atoms with Crippen molar-refractivity contribution in [1.82, 2.24) is 4.57 Å². The number of fused-ring (bicyclic) bond motifs is 1. The van der Waals surface area contributed by atoms with E-state index in [1.807, 2.05) is 32.3 Å². The van der Waals surface area contributed by atoms with Crippen LogP contribution in [0, 0.1) is 5.92 Å². The van der Waals surface area contributed by atoms with E-state index in [2.05, 4.69) is 47.0 Å². The molecule has 1 N–H and O–H groups in total. The Hall–Kier alpha value is -2.06. The summed E-state index contributed by atoms with van der Waals surface area (Å²) in [6.07, 6.45) is 3.70. The molecule has 0 fully saturated rings. The van der Waals surface area contributed by atoms with Crippen molar-refractivity contribution >= 4 is 10.8 Å². The lowest BCUT2D eigenvalue weighted by molar-refractivity contribution is 0.127. The molecule has 3 rings (SSSR count). The molecule has 0 spiro atoms. The third kappa shape index (κ3) is 2.86. The van der Waals surface area contributed by atoms with Crippen LogP contribution in [0.3, 0.4) is 0 Å². The van der Waals surface area contributed by atoms with Crippen LogP contribution in [0.1, 0.15) is 31.1 Å². The lowest BCUT2D eigenvalue weighted by Crippen LogP contribution is -2.04. The molecule has 0 amide bonds.